The van der Waals surface area contributed by atoms with Gasteiger partial charge in [0.25, 0.3) is 0 Å². The zero-order valence-electron chi connectivity index (χ0n) is 66.7. The molecule has 0 saturated heterocycles. The van der Waals surface area contributed by atoms with Crippen molar-refractivity contribution in [1.29, 1.82) is 0 Å². The average Bonchev–Trinajstić information content (AvgIpc) is 0.864. The number of methoxy groups -OCH3 is 5. The van der Waals surface area contributed by atoms with E-state index in [-0.39, 0.29) is 116 Å². The summed E-state index contributed by atoms with van der Waals surface area (Å²) in [4.78, 5) is 0. The van der Waals surface area contributed by atoms with E-state index >= 15 is 0 Å². The summed E-state index contributed by atoms with van der Waals surface area (Å²) < 4.78 is 93.7. The van der Waals surface area contributed by atoms with E-state index in [4.69, 9.17) is 80.5 Å². The molecule has 0 amide bonds. The molecule has 5 rings (SSSR count). The molecule has 0 heterocycles. The van der Waals surface area contributed by atoms with Gasteiger partial charge in [0.1, 0.15) is 0 Å². The molecule has 0 fully saturated rings. The fourth-order valence-electron chi connectivity index (χ4n) is 9.28. The highest BCUT2D eigenvalue weighted by molar-refractivity contribution is 5.28. The Morgan fingerprint density at radius 2 is 0.557 bits per heavy atom. The van der Waals surface area contributed by atoms with Gasteiger partial charge in [-0.25, -0.2) is 0 Å². The van der Waals surface area contributed by atoms with Gasteiger partial charge >= 0.3 is 0 Å². The SMILES string of the molecule is C.C.C.C.C.COCC(C)OC(C)COCC(C)OCc1ccccc1.COCC(C)OCC(C)OCC(C)OCc1ccccc1.COCC(C)OCC(C)OCc1ccc(C(C)(C)C)cc1.COCC(C)OCC(C)OCc1cccc(C(C)C)c1.COCC(C)OCC(C)OCc1ccccc1C. The second-order valence-electron chi connectivity index (χ2n) is 27.6. The van der Waals surface area contributed by atoms with Gasteiger partial charge in [-0.1, -0.05) is 205 Å². The van der Waals surface area contributed by atoms with E-state index in [1.165, 1.54) is 44.5 Å². The van der Waals surface area contributed by atoms with E-state index < -0.39 is 0 Å². The van der Waals surface area contributed by atoms with Crippen LogP contribution in [0.15, 0.2) is 133 Å². The molecule has 0 saturated carbocycles. The fraction of sp³-hybridized carbons (Fsp3) is 0.663. The molecule has 106 heavy (non-hydrogen) atoms. The first-order chi connectivity index (χ1) is 48.2. The molecule has 0 aromatic heterocycles. The molecule has 0 aliphatic carbocycles. The third-order valence-electron chi connectivity index (χ3n) is 15.3. The Labute approximate surface area is 649 Å². The largest absolute Gasteiger partial charge is 0.382 e. The van der Waals surface area contributed by atoms with Crippen molar-refractivity contribution in [1.82, 2.24) is 0 Å². The van der Waals surface area contributed by atoms with Crippen LogP contribution in [0.3, 0.4) is 0 Å². The molecule has 0 spiro atoms. The molecule has 17 nitrogen and oxygen atoms in total. The van der Waals surface area contributed by atoms with E-state index in [0.29, 0.717) is 118 Å². The molecule has 12 atom stereocenters. The standard InChI is InChI=1S/C18H30O3.2C17H28O4.C17H28O3.C15H24O3.5CH4/c1-14(11-19-6)20-12-15(2)21-13-16-7-9-17(10-8-16)18(3,4)5;1-14(20-13-17-8-6-5-7-9-17)11-19-12-16(3)21-15(2)10-18-4;1-14(10-18-4)19-11-15(2)20-12-16(3)21-13-17-8-6-5-7-9-17;1-13(2)17-8-6-7-16(9-17)12-20-15(4)11-19-14(3)10-18-5;1-12-7-5-6-8-15(12)11-18-14(3)10-17-13(2)9-16-4;;;;;/h7-10,14-15H,11-13H2,1-6H3;2*5-9,14-16H,10-13H2,1-4H3;6-9,13-15H,10-12H2,1-5H3;5-8,13-14H,9-11H2,1-4H3;5*1H4. The zero-order valence-corrected chi connectivity index (χ0v) is 66.7. The molecular weight excluding hydrogens is 1340 g/mol. The lowest BCUT2D eigenvalue weighted by atomic mass is 9.87. The highest BCUT2D eigenvalue weighted by Crippen LogP contribution is 2.23. The van der Waals surface area contributed by atoms with E-state index in [1.54, 1.807) is 35.5 Å². The quantitative estimate of drug-likeness (QED) is 0.0362. The first kappa shape index (κ1) is 110. The summed E-state index contributed by atoms with van der Waals surface area (Å²) in [5, 5.41) is 0. The van der Waals surface area contributed by atoms with Crippen LogP contribution in [-0.4, -0.2) is 188 Å². The van der Waals surface area contributed by atoms with Crippen LogP contribution in [0.2, 0.25) is 0 Å². The molecule has 0 radical (unpaired) electrons. The average molecular weight is 1500 g/mol. The first-order valence-corrected chi connectivity index (χ1v) is 36.4. The molecular formula is C89H158O17. The predicted octanol–water partition coefficient (Wildman–Crippen LogP) is 19.9. The van der Waals surface area contributed by atoms with Crippen molar-refractivity contribution in [2.75, 3.05) is 115 Å². The van der Waals surface area contributed by atoms with Gasteiger partial charge in [-0.15, -0.1) is 0 Å². The molecule has 12 unspecified atom stereocenters. The highest BCUT2D eigenvalue weighted by atomic mass is 16.6. The van der Waals surface area contributed by atoms with Gasteiger partial charge in [0, 0.05) is 35.5 Å². The molecule has 0 bridgehead atoms. The second-order valence-corrected chi connectivity index (χ2v) is 27.6. The molecule has 5 aromatic carbocycles. The Balaban J connectivity index is -0.000000397. The van der Waals surface area contributed by atoms with Crippen LogP contribution < -0.4 is 0 Å². The normalized spacial score (nSPS) is 14.3. The fourth-order valence-corrected chi connectivity index (χ4v) is 9.28. The van der Waals surface area contributed by atoms with Crippen LogP contribution in [0.4, 0.5) is 0 Å². The summed E-state index contributed by atoms with van der Waals surface area (Å²) in [6.07, 6.45) is 0.962. The Kier molecular flexibility index (Phi) is 71.0. The van der Waals surface area contributed by atoms with Gasteiger partial charge in [0.2, 0.25) is 0 Å². The minimum absolute atomic E-state index is 0. The van der Waals surface area contributed by atoms with Gasteiger partial charge in [0.05, 0.1) is 186 Å². The van der Waals surface area contributed by atoms with E-state index in [0.717, 1.165) is 0 Å². The van der Waals surface area contributed by atoms with Crippen molar-refractivity contribution < 1.29 is 80.5 Å². The minimum Gasteiger partial charge on any atom is -0.382 e. The monoisotopic (exact) mass is 1500 g/mol. The van der Waals surface area contributed by atoms with Crippen LogP contribution in [0.5, 0.6) is 0 Å². The number of benzene rings is 5. The summed E-state index contributed by atoms with van der Waals surface area (Å²) in [5.74, 6) is 0.547. The van der Waals surface area contributed by atoms with Crippen LogP contribution in [-0.2, 0) is 119 Å². The summed E-state index contributed by atoms with van der Waals surface area (Å²) in [7, 11) is 8.39. The predicted molar refractivity (Wildman–Crippen MR) is 442 cm³/mol. The van der Waals surface area contributed by atoms with Crippen molar-refractivity contribution in [2.24, 2.45) is 0 Å². The Morgan fingerprint density at radius 3 is 0.915 bits per heavy atom. The topological polar surface area (TPSA) is 157 Å². The van der Waals surface area contributed by atoms with Crippen molar-refractivity contribution in [3.05, 3.63) is 178 Å². The lowest BCUT2D eigenvalue weighted by Gasteiger charge is -2.20. The second kappa shape index (κ2) is 68.4. The van der Waals surface area contributed by atoms with Crippen molar-refractivity contribution in [3.8, 4) is 0 Å². The summed E-state index contributed by atoms with van der Waals surface area (Å²) >= 11 is 0. The number of hydrogen-bond donors (Lipinski definition) is 0. The van der Waals surface area contributed by atoms with Crippen molar-refractivity contribution >= 4 is 0 Å². The maximum absolute atomic E-state index is 5.83. The third-order valence-corrected chi connectivity index (χ3v) is 15.3. The lowest BCUT2D eigenvalue weighted by Crippen LogP contribution is -2.26. The van der Waals surface area contributed by atoms with E-state index in [1.807, 2.05) is 132 Å². The molecule has 616 valence electrons. The minimum atomic E-state index is 0. The summed E-state index contributed by atoms with van der Waals surface area (Å²) in [6, 6.07) is 45.8. The smallest absolute Gasteiger partial charge is 0.0785 e. The number of rotatable bonds is 47. The summed E-state index contributed by atoms with van der Waals surface area (Å²) in [5.41, 5.74) is 10.1. The van der Waals surface area contributed by atoms with Gasteiger partial charge in [-0.3, -0.25) is 0 Å². The third kappa shape index (κ3) is 59.3. The Bertz CT molecular complexity index is 2660. The van der Waals surface area contributed by atoms with Gasteiger partial charge in [-0.05, 0) is 146 Å². The highest BCUT2D eigenvalue weighted by Gasteiger charge is 2.16. The van der Waals surface area contributed by atoms with E-state index in [9.17, 15) is 0 Å². The summed E-state index contributed by atoms with van der Waals surface area (Å²) in [6.45, 7) is 47.5. The Morgan fingerprint density at radius 1 is 0.274 bits per heavy atom. The number of hydrogen-bond acceptors (Lipinski definition) is 17. The maximum Gasteiger partial charge on any atom is 0.0785 e. The van der Waals surface area contributed by atoms with Crippen molar-refractivity contribution in [3.63, 3.8) is 0 Å². The first-order valence-electron chi connectivity index (χ1n) is 36.4. The van der Waals surface area contributed by atoms with Crippen molar-refractivity contribution in [2.45, 2.75) is 279 Å². The van der Waals surface area contributed by atoms with Crippen LogP contribution >= 0.6 is 0 Å². The molecule has 17 heteroatoms. The Hall–Kier alpha value is -4.58. The zero-order chi connectivity index (χ0) is 75.2. The van der Waals surface area contributed by atoms with Crippen LogP contribution in [0, 0.1) is 6.92 Å². The lowest BCUT2D eigenvalue weighted by molar-refractivity contribution is -0.0811. The van der Waals surface area contributed by atoms with Crippen LogP contribution in [0.25, 0.3) is 0 Å². The van der Waals surface area contributed by atoms with Crippen LogP contribution in [0.1, 0.15) is 205 Å². The molecule has 0 aliphatic heterocycles. The van der Waals surface area contributed by atoms with Gasteiger partial charge < -0.3 is 80.5 Å². The molecule has 0 N–H and O–H groups in total. The van der Waals surface area contributed by atoms with Gasteiger partial charge in [0.15, 0.2) is 0 Å². The van der Waals surface area contributed by atoms with Gasteiger partial charge in [-0.2, -0.15) is 0 Å². The maximum atomic E-state index is 5.83. The molecule has 5 aromatic rings. The number of ether oxygens (including phenoxy) is 17. The number of aryl methyl sites for hydroxylation is 1. The van der Waals surface area contributed by atoms with E-state index in [2.05, 4.69) is 126 Å². The molecule has 0 aliphatic rings.